The van der Waals surface area contributed by atoms with Gasteiger partial charge in [0.15, 0.2) is 0 Å². The van der Waals surface area contributed by atoms with Gasteiger partial charge in [-0.2, -0.15) is 0 Å². The first-order valence-corrected chi connectivity index (χ1v) is 15.2. The second-order valence-electron chi connectivity index (χ2n) is 10.3. The summed E-state index contributed by atoms with van der Waals surface area (Å²) in [7, 11) is 0. The van der Waals surface area contributed by atoms with E-state index in [4.69, 9.17) is 0 Å². The van der Waals surface area contributed by atoms with Gasteiger partial charge in [-0.05, 0) is 67.3 Å². The van der Waals surface area contributed by atoms with Gasteiger partial charge >= 0.3 is 0 Å². The number of amides is 1. The van der Waals surface area contributed by atoms with Gasteiger partial charge in [-0.1, -0.05) is 92.3 Å². The molecule has 0 spiro atoms. The molecule has 206 valence electrons. The Bertz CT molecular complexity index is 1440. The van der Waals surface area contributed by atoms with Crippen LogP contribution in [0.1, 0.15) is 39.2 Å². The molecule has 1 heterocycles. The Hall–Kier alpha value is -3.54. The first kappa shape index (κ1) is 28.0. The van der Waals surface area contributed by atoms with Crippen molar-refractivity contribution >= 4 is 34.7 Å². The Morgan fingerprint density at radius 2 is 1.60 bits per heavy atom. The maximum atomic E-state index is 11.8. The molecule has 0 radical (unpaired) electrons. The number of hydrogen-bond donors (Lipinski definition) is 1. The van der Waals surface area contributed by atoms with E-state index in [1.165, 1.54) is 26.7 Å². The van der Waals surface area contributed by atoms with E-state index in [1.807, 2.05) is 30.0 Å². The third kappa shape index (κ3) is 6.43. The highest BCUT2D eigenvalue weighted by atomic mass is 32.2. The summed E-state index contributed by atoms with van der Waals surface area (Å²) in [6.07, 6.45) is 3.32. The SMILES string of the molecule is CCC(CCN1c2ccccc2Sc2cc(-c3ccccc3NC(C)=O)ccc21)N(CC)CCc1ccccc1. The van der Waals surface area contributed by atoms with Crippen LogP contribution in [0.3, 0.4) is 0 Å². The number of anilines is 3. The average Bonchev–Trinajstić information content (AvgIpc) is 2.98. The fraction of sp³-hybridized carbons (Fsp3) is 0.286. The van der Waals surface area contributed by atoms with Crippen LogP contribution in [0.25, 0.3) is 11.1 Å². The lowest BCUT2D eigenvalue weighted by molar-refractivity contribution is -0.114. The Labute approximate surface area is 243 Å². The first-order chi connectivity index (χ1) is 19.6. The molecular formula is C35H39N3OS. The van der Waals surface area contributed by atoms with Crippen molar-refractivity contribution < 1.29 is 4.79 Å². The summed E-state index contributed by atoms with van der Waals surface area (Å²) in [6, 6.07) is 34.9. The highest BCUT2D eigenvalue weighted by Gasteiger charge is 2.25. The van der Waals surface area contributed by atoms with Gasteiger partial charge in [0.1, 0.15) is 0 Å². The summed E-state index contributed by atoms with van der Waals surface area (Å²) in [5, 5.41) is 2.99. The molecule has 4 aromatic carbocycles. The van der Waals surface area contributed by atoms with Crippen molar-refractivity contribution in [3.63, 3.8) is 0 Å². The Morgan fingerprint density at radius 3 is 2.38 bits per heavy atom. The van der Waals surface area contributed by atoms with E-state index in [2.05, 4.69) is 108 Å². The van der Waals surface area contributed by atoms with Crippen LogP contribution in [-0.4, -0.2) is 36.5 Å². The van der Waals surface area contributed by atoms with Gasteiger partial charge in [0.05, 0.1) is 11.4 Å². The van der Waals surface area contributed by atoms with E-state index in [9.17, 15) is 4.79 Å². The zero-order valence-corrected chi connectivity index (χ0v) is 24.6. The number of benzene rings is 4. The second kappa shape index (κ2) is 13.2. The van der Waals surface area contributed by atoms with Gasteiger partial charge in [0, 0.05) is 47.1 Å². The molecule has 0 aliphatic carbocycles. The topological polar surface area (TPSA) is 35.6 Å². The largest absolute Gasteiger partial charge is 0.340 e. The summed E-state index contributed by atoms with van der Waals surface area (Å²) < 4.78 is 0. The minimum absolute atomic E-state index is 0.0599. The third-order valence-corrected chi connectivity index (χ3v) is 8.90. The van der Waals surface area contributed by atoms with E-state index in [0.717, 1.165) is 55.7 Å². The number of hydrogen-bond acceptors (Lipinski definition) is 4. The molecule has 0 saturated heterocycles. The smallest absolute Gasteiger partial charge is 0.221 e. The molecule has 0 fully saturated rings. The van der Waals surface area contributed by atoms with Crippen LogP contribution in [0.5, 0.6) is 0 Å². The van der Waals surface area contributed by atoms with Gasteiger partial charge in [-0.15, -0.1) is 0 Å². The first-order valence-electron chi connectivity index (χ1n) is 14.4. The molecule has 1 aliphatic rings. The van der Waals surface area contributed by atoms with Crippen molar-refractivity contribution in [1.82, 2.24) is 4.90 Å². The molecule has 0 bridgehead atoms. The maximum Gasteiger partial charge on any atom is 0.221 e. The lowest BCUT2D eigenvalue weighted by Crippen LogP contribution is -2.38. The molecule has 0 aromatic heterocycles. The van der Waals surface area contributed by atoms with Crippen LogP contribution >= 0.6 is 11.8 Å². The molecule has 0 saturated carbocycles. The van der Waals surface area contributed by atoms with Crippen LogP contribution in [0.4, 0.5) is 17.1 Å². The summed E-state index contributed by atoms with van der Waals surface area (Å²) in [6.45, 7) is 9.27. The lowest BCUT2D eigenvalue weighted by Gasteiger charge is -2.36. The third-order valence-electron chi connectivity index (χ3n) is 7.79. The fourth-order valence-electron chi connectivity index (χ4n) is 5.71. The second-order valence-corrected chi connectivity index (χ2v) is 11.4. The van der Waals surface area contributed by atoms with E-state index in [0.29, 0.717) is 6.04 Å². The number of likely N-dealkylation sites (N-methyl/N-ethyl adjacent to an activating group) is 1. The number of carbonyl (C=O) groups is 1. The molecule has 4 aromatic rings. The van der Waals surface area contributed by atoms with E-state index in [1.54, 1.807) is 6.92 Å². The fourth-order valence-corrected chi connectivity index (χ4v) is 6.85. The molecule has 5 rings (SSSR count). The van der Waals surface area contributed by atoms with Crippen molar-refractivity contribution in [2.45, 2.75) is 55.9 Å². The highest BCUT2D eigenvalue weighted by Crippen LogP contribution is 2.49. The van der Waals surface area contributed by atoms with E-state index in [-0.39, 0.29) is 5.91 Å². The molecule has 1 unspecified atom stereocenters. The molecular weight excluding hydrogens is 510 g/mol. The summed E-state index contributed by atoms with van der Waals surface area (Å²) in [4.78, 5) is 19.5. The van der Waals surface area contributed by atoms with Gasteiger partial charge in [-0.25, -0.2) is 0 Å². The lowest BCUT2D eigenvalue weighted by atomic mass is 10.0. The van der Waals surface area contributed by atoms with Gasteiger partial charge in [-0.3, -0.25) is 4.79 Å². The Kier molecular flexibility index (Phi) is 9.25. The zero-order chi connectivity index (χ0) is 27.9. The molecule has 4 nitrogen and oxygen atoms in total. The molecule has 1 amide bonds. The number of fused-ring (bicyclic) bond motifs is 2. The van der Waals surface area contributed by atoms with Crippen molar-refractivity contribution in [3.8, 4) is 11.1 Å². The standard InChI is InChI=1S/C35H39N3OS/c1-4-29(37(5-2)23-21-27-13-7-6-8-14-27)22-24-38-32-17-11-12-18-34(32)40-35-25-28(19-20-33(35)38)30-15-9-10-16-31(30)36-26(3)39/h6-20,25,29H,4-5,21-24H2,1-3H3,(H,36,39). The summed E-state index contributed by atoms with van der Waals surface area (Å²) >= 11 is 1.83. The quantitative estimate of drug-likeness (QED) is 0.203. The van der Waals surface area contributed by atoms with Gasteiger partial charge < -0.3 is 15.1 Å². The number of rotatable bonds is 11. The molecule has 1 N–H and O–H groups in total. The van der Waals surface area contributed by atoms with Gasteiger partial charge in [0.25, 0.3) is 0 Å². The molecule has 1 aliphatic heterocycles. The Balaban J connectivity index is 1.38. The van der Waals surface area contributed by atoms with Gasteiger partial charge in [0.2, 0.25) is 5.91 Å². The highest BCUT2D eigenvalue weighted by molar-refractivity contribution is 7.99. The van der Waals surface area contributed by atoms with E-state index < -0.39 is 0 Å². The van der Waals surface area contributed by atoms with Crippen molar-refractivity contribution in [1.29, 1.82) is 0 Å². The van der Waals surface area contributed by atoms with Crippen LogP contribution in [0.2, 0.25) is 0 Å². The van der Waals surface area contributed by atoms with E-state index >= 15 is 0 Å². The normalized spacial score (nSPS) is 13.1. The van der Waals surface area contributed by atoms with Crippen LogP contribution in [0, 0.1) is 0 Å². The van der Waals surface area contributed by atoms with Crippen LogP contribution in [-0.2, 0) is 11.2 Å². The number of nitrogens with one attached hydrogen (secondary N) is 1. The molecule has 40 heavy (non-hydrogen) atoms. The average molecular weight is 550 g/mol. The summed E-state index contributed by atoms with van der Waals surface area (Å²) in [5.41, 5.74) is 6.94. The minimum atomic E-state index is -0.0599. The Morgan fingerprint density at radius 1 is 0.875 bits per heavy atom. The van der Waals surface area contributed by atoms with Crippen molar-refractivity contribution in [3.05, 3.63) is 103 Å². The summed E-state index contributed by atoms with van der Waals surface area (Å²) in [5.74, 6) is -0.0599. The van der Waals surface area contributed by atoms with Crippen LogP contribution < -0.4 is 10.2 Å². The minimum Gasteiger partial charge on any atom is -0.340 e. The molecule has 5 heteroatoms. The number of para-hydroxylation sites is 2. The number of nitrogens with zero attached hydrogens (tertiary/aromatic N) is 2. The number of carbonyl (C=O) groups excluding carboxylic acids is 1. The predicted molar refractivity (Wildman–Crippen MR) is 170 cm³/mol. The molecule has 1 atom stereocenters. The predicted octanol–water partition coefficient (Wildman–Crippen LogP) is 8.65. The maximum absolute atomic E-state index is 11.8. The van der Waals surface area contributed by atoms with Crippen LogP contribution in [0.15, 0.2) is 107 Å². The zero-order valence-electron chi connectivity index (χ0n) is 23.8. The van der Waals surface area contributed by atoms with Crippen molar-refractivity contribution in [2.75, 3.05) is 29.9 Å². The van der Waals surface area contributed by atoms with Crippen molar-refractivity contribution in [2.24, 2.45) is 0 Å². The monoisotopic (exact) mass is 549 g/mol.